The van der Waals surface area contributed by atoms with E-state index in [1.807, 2.05) is 36.2 Å². The number of rotatable bonds is 5. The first-order chi connectivity index (χ1) is 18.0. The van der Waals surface area contributed by atoms with Crippen LogP contribution in [0.15, 0.2) is 30.5 Å². The fraction of sp³-hybridized carbons (Fsp3) is 0.621. The van der Waals surface area contributed by atoms with Crippen molar-refractivity contribution in [1.29, 1.82) is 0 Å². The van der Waals surface area contributed by atoms with E-state index in [1.54, 1.807) is 0 Å². The molecule has 3 aliphatic rings. The first-order valence-corrected chi connectivity index (χ1v) is 14.3. The third-order valence-corrected chi connectivity index (χ3v) is 8.25. The molecule has 0 aliphatic carbocycles. The minimum atomic E-state index is 0.0185. The van der Waals surface area contributed by atoms with Gasteiger partial charge in [0, 0.05) is 56.7 Å². The molecule has 0 bridgehead atoms. The molecule has 4 heterocycles. The Balaban J connectivity index is 1.11. The molecule has 1 unspecified atom stereocenters. The van der Waals surface area contributed by atoms with Crippen LogP contribution in [0.1, 0.15) is 62.5 Å². The van der Waals surface area contributed by atoms with Crippen molar-refractivity contribution in [3.8, 4) is 0 Å². The van der Waals surface area contributed by atoms with E-state index < -0.39 is 0 Å². The lowest BCUT2D eigenvalue weighted by Crippen LogP contribution is -2.52. The second kappa shape index (κ2) is 12.1. The van der Waals surface area contributed by atoms with Crippen LogP contribution in [0.5, 0.6) is 0 Å². The van der Waals surface area contributed by atoms with Gasteiger partial charge in [-0.15, -0.1) is 0 Å². The average Bonchev–Trinajstić information content (AvgIpc) is 3.21. The molecular weight excluding hydrogens is 462 g/mol. The van der Waals surface area contributed by atoms with Gasteiger partial charge in [0.1, 0.15) is 5.82 Å². The van der Waals surface area contributed by atoms with Crippen molar-refractivity contribution in [2.75, 3.05) is 54.8 Å². The van der Waals surface area contributed by atoms with E-state index in [-0.39, 0.29) is 6.03 Å². The summed E-state index contributed by atoms with van der Waals surface area (Å²) in [5.74, 6) is 1.81. The number of nitrogens with zero attached hydrogens (tertiary/aromatic N) is 5. The molecule has 8 heteroatoms. The first kappa shape index (κ1) is 25.8. The molecule has 37 heavy (non-hydrogen) atoms. The van der Waals surface area contributed by atoms with Crippen molar-refractivity contribution in [3.63, 3.8) is 0 Å². The molecule has 5 rings (SSSR count). The summed E-state index contributed by atoms with van der Waals surface area (Å²) in [6, 6.07) is 9.12. The number of nitrogens with one attached hydrogen (secondary N) is 2. The number of hydrogen-bond acceptors (Lipinski definition) is 6. The van der Waals surface area contributed by atoms with E-state index >= 15 is 0 Å². The predicted octanol–water partition coefficient (Wildman–Crippen LogP) is 5.05. The van der Waals surface area contributed by atoms with Crippen LogP contribution in [0.3, 0.4) is 0 Å². The number of benzene rings is 1. The summed E-state index contributed by atoms with van der Waals surface area (Å²) >= 11 is 0. The summed E-state index contributed by atoms with van der Waals surface area (Å²) < 4.78 is 0. The lowest BCUT2D eigenvalue weighted by molar-refractivity contribution is 0.0997. The number of anilines is 3. The minimum absolute atomic E-state index is 0.0185. The van der Waals surface area contributed by atoms with Crippen molar-refractivity contribution in [1.82, 2.24) is 19.8 Å². The lowest BCUT2D eigenvalue weighted by Gasteiger charge is -2.42. The molecule has 3 fully saturated rings. The summed E-state index contributed by atoms with van der Waals surface area (Å²) in [5.41, 5.74) is 3.23. The van der Waals surface area contributed by atoms with E-state index in [2.05, 4.69) is 38.4 Å². The molecular formula is C29H43N7O. The van der Waals surface area contributed by atoms with Crippen molar-refractivity contribution in [2.24, 2.45) is 0 Å². The van der Waals surface area contributed by atoms with Gasteiger partial charge >= 0.3 is 6.03 Å². The zero-order valence-corrected chi connectivity index (χ0v) is 22.6. The maximum atomic E-state index is 12.9. The summed E-state index contributed by atoms with van der Waals surface area (Å²) in [7, 11) is 0. The minimum Gasteiger partial charge on any atom is -0.356 e. The fourth-order valence-corrected chi connectivity index (χ4v) is 6.12. The molecule has 0 saturated carbocycles. The van der Waals surface area contributed by atoms with Crippen molar-refractivity contribution in [2.45, 2.75) is 77.3 Å². The number of urea groups is 1. The molecule has 1 atom stereocenters. The van der Waals surface area contributed by atoms with Crippen LogP contribution in [0, 0.1) is 13.8 Å². The van der Waals surface area contributed by atoms with Crippen molar-refractivity contribution >= 4 is 23.5 Å². The van der Waals surface area contributed by atoms with E-state index in [9.17, 15) is 4.79 Å². The molecule has 1 aromatic heterocycles. The Bertz CT molecular complexity index is 1040. The van der Waals surface area contributed by atoms with Crippen molar-refractivity contribution in [3.05, 3.63) is 41.6 Å². The number of amides is 2. The van der Waals surface area contributed by atoms with Gasteiger partial charge in [0.05, 0.1) is 0 Å². The topological polar surface area (TPSA) is 76.6 Å². The number of piperidine rings is 2. The molecule has 2 N–H and O–H groups in total. The molecule has 3 saturated heterocycles. The second-order valence-electron chi connectivity index (χ2n) is 11.1. The van der Waals surface area contributed by atoms with Gasteiger partial charge in [-0.1, -0.05) is 30.5 Å². The highest BCUT2D eigenvalue weighted by Crippen LogP contribution is 2.24. The van der Waals surface area contributed by atoms with Crippen LogP contribution in [-0.4, -0.2) is 77.2 Å². The largest absolute Gasteiger partial charge is 0.356 e. The molecule has 2 aromatic rings. The monoisotopic (exact) mass is 505 g/mol. The summed E-state index contributed by atoms with van der Waals surface area (Å²) in [6.45, 7) is 10.1. The number of aryl methyl sites for hydroxylation is 2. The Kier molecular flexibility index (Phi) is 8.44. The Morgan fingerprint density at radius 3 is 2.46 bits per heavy atom. The van der Waals surface area contributed by atoms with E-state index in [0.29, 0.717) is 12.1 Å². The molecule has 0 spiro atoms. The van der Waals surface area contributed by atoms with Crippen LogP contribution < -0.4 is 15.5 Å². The third kappa shape index (κ3) is 6.72. The van der Waals surface area contributed by atoms with Gasteiger partial charge in [0.25, 0.3) is 0 Å². The van der Waals surface area contributed by atoms with Crippen LogP contribution in [0.25, 0.3) is 0 Å². The first-order valence-electron chi connectivity index (χ1n) is 14.3. The predicted molar refractivity (Wildman–Crippen MR) is 150 cm³/mol. The van der Waals surface area contributed by atoms with Crippen LogP contribution in [0.4, 0.5) is 22.2 Å². The van der Waals surface area contributed by atoms with Gasteiger partial charge in [0.15, 0.2) is 0 Å². The maximum absolute atomic E-state index is 12.9. The Labute approximate surface area is 221 Å². The van der Waals surface area contributed by atoms with Gasteiger partial charge in [-0.2, -0.15) is 4.98 Å². The standard InChI is InChI=1S/C29H43N7O/c1-22-9-10-26(23(2)20-22)32-29(37)35-18-12-25(13-19-35)36-17-7-8-24(21-36)31-28-30-14-11-27(33-28)34-15-5-3-4-6-16-34/h9-11,14,20,24-25H,3-8,12-13,15-19,21H2,1-2H3,(H,32,37)(H,30,31,33). The molecule has 2 amide bonds. The molecule has 1 aromatic carbocycles. The maximum Gasteiger partial charge on any atom is 0.321 e. The van der Waals surface area contributed by atoms with E-state index in [4.69, 9.17) is 4.98 Å². The van der Waals surface area contributed by atoms with Crippen LogP contribution in [-0.2, 0) is 0 Å². The second-order valence-corrected chi connectivity index (χ2v) is 11.1. The van der Waals surface area contributed by atoms with Crippen LogP contribution in [0.2, 0.25) is 0 Å². The molecule has 200 valence electrons. The SMILES string of the molecule is Cc1ccc(NC(=O)N2CCC(N3CCCC(Nc4nccc(N5CCCCCC5)n4)C3)CC2)c(C)c1. The van der Waals surface area contributed by atoms with Gasteiger partial charge in [-0.3, -0.25) is 4.90 Å². The lowest BCUT2D eigenvalue weighted by atomic mass is 9.98. The van der Waals surface area contributed by atoms with Gasteiger partial charge < -0.3 is 20.4 Å². The van der Waals surface area contributed by atoms with Gasteiger partial charge in [-0.25, -0.2) is 9.78 Å². The number of carbonyl (C=O) groups is 1. The highest BCUT2D eigenvalue weighted by Gasteiger charge is 2.30. The summed E-state index contributed by atoms with van der Waals surface area (Å²) in [4.78, 5) is 29.3. The number of aromatic nitrogens is 2. The van der Waals surface area contributed by atoms with Crippen molar-refractivity contribution < 1.29 is 4.79 Å². The highest BCUT2D eigenvalue weighted by molar-refractivity contribution is 5.90. The summed E-state index contributed by atoms with van der Waals surface area (Å²) in [6.07, 6.45) is 11.4. The zero-order valence-electron chi connectivity index (χ0n) is 22.6. The number of hydrogen-bond donors (Lipinski definition) is 2. The molecule has 0 radical (unpaired) electrons. The Hall–Kier alpha value is -2.87. The fourth-order valence-electron chi connectivity index (χ4n) is 6.12. The van der Waals surface area contributed by atoms with Crippen LogP contribution >= 0.6 is 0 Å². The van der Waals surface area contributed by atoms with Gasteiger partial charge in [0.2, 0.25) is 5.95 Å². The average molecular weight is 506 g/mol. The van der Waals surface area contributed by atoms with Gasteiger partial charge in [-0.05, 0) is 76.6 Å². The number of likely N-dealkylation sites (tertiary alicyclic amines) is 2. The zero-order chi connectivity index (χ0) is 25.6. The Morgan fingerprint density at radius 1 is 0.919 bits per heavy atom. The Morgan fingerprint density at radius 2 is 1.70 bits per heavy atom. The summed E-state index contributed by atoms with van der Waals surface area (Å²) in [5, 5.41) is 6.76. The quantitative estimate of drug-likeness (QED) is 0.593. The number of carbonyl (C=O) groups excluding carboxylic acids is 1. The highest BCUT2D eigenvalue weighted by atomic mass is 16.2. The third-order valence-electron chi connectivity index (χ3n) is 8.25. The molecule has 8 nitrogen and oxygen atoms in total. The molecule has 3 aliphatic heterocycles. The van der Waals surface area contributed by atoms with E-state index in [1.165, 1.54) is 37.7 Å². The van der Waals surface area contributed by atoms with E-state index in [0.717, 1.165) is 81.5 Å². The normalized spacial score (nSPS) is 21.9. The smallest absolute Gasteiger partial charge is 0.321 e.